The molecule has 0 amide bonds. The molecule has 0 radical (unpaired) electrons. The molecule has 16 nitrogen and oxygen atoms in total. The van der Waals surface area contributed by atoms with Gasteiger partial charge in [0.15, 0.2) is 0 Å². The zero-order valence-corrected chi connectivity index (χ0v) is 16.5. The number of fused-ring (bicyclic) bond motifs is 2. The molecule has 0 aromatic carbocycles. The maximum absolute atomic E-state index is 12.4. The number of hydrogen-bond donors (Lipinski definition) is 10. The van der Waals surface area contributed by atoms with Crippen molar-refractivity contribution >= 4 is 15.6 Å². The van der Waals surface area contributed by atoms with Crippen molar-refractivity contribution in [2.45, 2.75) is 73.2 Å². The summed E-state index contributed by atoms with van der Waals surface area (Å²) in [7, 11) is -10.8. The van der Waals surface area contributed by atoms with Crippen molar-refractivity contribution in [3.63, 3.8) is 0 Å². The van der Waals surface area contributed by atoms with Crippen LogP contribution in [0.5, 0.6) is 0 Å². The molecule has 176 valence electrons. The zero-order chi connectivity index (χ0) is 22.8. The molecule has 10 N–H and O–H groups in total. The van der Waals surface area contributed by atoms with Gasteiger partial charge >= 0.3 is 15.6 Å². The summed E-state index contributed by atoms with van der Waals surface area (Å²) in [5, 5.41) is 79.3. The van der Waals surface area contributed by atoms with Crippen LogP contribution in [0.15, 0.2) is 0 Å². The molecular formula is C12H22O16P2. The first-order chi connectivity index (χ1) is 13.7. The van der Waals surface area contributed by atoms with Crippen LogP contribution in [-0.4, -0.2) is 124 Å². The van der Waals surface area contributed by atoms with Gasteiger partial charge in [0.2, 0.25) is 0 Å². The summed E-state index contributed by atoms with van der Waals surface area (Å²) in [6.45, 7) is 0. The minimum atomic E-state index is -5.40. The van der Waals surface area contributed by atoms with Crippen molar-refractivity contribution in [1.29, 1.82) is 0 Å². The van der Waals surface area contributed by atoms with Gasteiger partial charge in [-0.1, -0.05) is 0 Å². The lowest BCUT2D eigenvalue weighted by molar-refractivity contribution is -0.239. The Labute approximate surface area is 167 Å². The van der Waals surface area contributed by atoms with E-state index in [1.54, 1.807) is 0 Å². The Morgan fingerprint density at radius 3 is 0.733 bits per heavy atom. The number of hydrogen-bond acceptors (Lipinski definition) is 14. The molecule has 2 aliphatic carbocycles. The van der Waals surface area contributed by atoms with Crippen molar-refractivity contribution in [1.82, 2.24) is 0 Å². The highest BCUT2D eigenvalue weighted by Crippen LogP contribution is 2.56. The smallest absolute Gasteiger partial charge is 0.387 e. The second kappa shape index (κ2) is 8.35. The van der Waals surface area contributed by atoms with E-state index < -0.39 is 88.9 Å². The lowest BCUT2D eigenvalue weighted by atomic mass is 9.85. The topological polar surface area (TPSA) is 273 Å². The molecule has 2 saturated carbocycles. The molecular weight excluding hydrogens is 462 g/mol. The lowest BCUT2D eigenvalue weighted by Gasteiger charge is -2.47. The first-order valence-corrected chi connectivity index (χ1v) is 11.5. The van der Waals surface area contributed by atoms with E-state index in [1.165, 1.54) is 0 Å². The molecule has 0 bridgehead atoms. The molecule has 0 spiro atoms. The molecule has 12 unspecified atom stereocenters. The Bertz CT molecular complexity index is 623. The number of phosphoric ester groups is 2. The largest absolute Gasteiger partial charge is 0.473 e. The average molecular weight is 484 g/mol. The minimum Gasteiger partial charge on any atom is -0.387 e. The molecule has 3 fully saturated rings. The fourth-order valence-electron chi connectivity index (χ4n) is 3.52. The number of phosphoric acid groups is 2. The van der Waals surface area contributed by atoms with Crippen LogP contribution in [0.4, 0.5) is 0 Å². The van der Waals surface area contributed by atoms with Gasteiger partial charge < -0.3 is 50.6 Å². The van der Waals surface area contributed by atoms with E-state index in [0.29, 0.717) is 0 Å². The van der Waals surface area contributed by atoms with E-state index in [2.05, 4.69) is 18.1 Å². The highest BCUT2D eigenvalue weighted by Gasteiger charge is 2.59. The fraction of sp³-hybridized carbons (Fsp3) is 1.00. The van der Waals surface area contributed by atoms with Crippen LogP contribution in [0.1, 0.15) is 0 Å². The molecule has 1 aliphatic heterocycles. The summed E-state index contributed by atoms with van der Waals surface area (Å²) in [4.78, 5) is 20.0. The maximum Gasteiger partial charge on any atom is 0.473 e. The van der Waals surface area contributed by atoms with Crippen LogP contribution in [0, 0.1) is 0 Å². The van der Waals surface area contributed by atoms with Crippen molar-refractivity contribution < 1.29 is 77.9 Å². The van der Waals surface area contributed by atoms with E-state index >= 15 is 0 Å². The molecule has 1 heterocycles. The summed E-state index contributed by atoms with van der Waals surface area (Å²) in [5.41, 5.74) is 0. The second-order valence-corrected chi connectivity index (χ2v) is 9.86. The van der Waals surface area contributed by atoms with Crippen LogP contribution in [0.3, 0.4) is 0 Å². The number of rotatable bonds is 0. The minimum absolute atomic E-state index is 2.14. The van der Waals surface area contributed by atoms with Gasteiger partial charge in [0.25, 0.3) is 0 Å². The van der Waals surface area contributed by atoms with Gasteiger partial charge in [-0.15, -0.1) is 0 Å². The summed E-state index contributed by atoms with van der Waals surface area (Å²) in [6, 6.07) is 0. The molecule has 30 heavy (non-hydrogen) atoms. The lowest BCUT2D eigenvalue weighted by Crippen LogP contribution is -2.66. The Morgan fingerprint density at radius 2 is 0.567 bits per heavy atom. The quantitative estimate of drug-likeness (QED) is 0.144. The van der Waals surface area contributed by atoms with E-state index in [4.69, 9.17) is 0 Å². The Hall–Kier alpha value is -0.100. The van der Waals surface area contributed by atoms with Crippen LogP contribution in [-0.2, 0) is 27.2 Å². The molecule has 18 heteroatoms. The van der Waals surface area contributed by atoms with E-state index in [9.17, 15) is 59.8 Å². The highest BCUT2D eigenvalue weighted by atomic mass is 31.2. The SMILES string of the molecule is O=P1(O)OC2C(O)C(O)C(O)C(O)C2OP(=O)(O)OC2C(O)C(O)C(O)C(O)C2O1. The van der Waals surface area contributed by atoms with Crippen molar-refractivity contribution in [2.24, 2.45) is 0 Å². The third kappa shape index (κ3) is 4.38. The summed E-state index contributed by atoms with van der Waals surface area (Å²) < 4.78 is 43.5. The van der Waals surface area contributed by atoms with Crippen molar-refractivity contribution in [3.05, 3.63) is 0 Å². The van der Waals surface area contributed by atoms with Gasteiger partial charge in [0, 0.05) is 0 Å². The number of aliphatic hydroxyl groups excluding tert-OH is 8. The van der Waals surface area contributed by atoms with Gasteiger partial charge in [-0.3, -0.25) is 18.1 Å². The predicted octanol–water partition coefficient (Wildman–Crippen LogP) is -5.34. The average Bonchev–Trinajstić information content (AvgIpc) is 2.66. The van der Waals surface area contributed by atoms with E-state index in [0.717, 1.165) is 0 Å². The number of aliphatic hydroxyl groups is 8. The predicted molar refractivity (Wildman–Crippen MR) is 87.2 cm³/mol. The summed E-state index contributed by atoms with van der Waals surface area (Å²) >= 11 is 0. The molecule has 12 atom stereocenters. The third-order valence-corrected chi connectivity index (χ3v) is 7.15. The van der Waals surface area contributed by atoms with E-state index in [-0.39, 0.29) is 0 Å². The third-order valence-electron chi connectivity index (χ3n) is 5.11. The zero-order valence-electron chi connectivity index (χ0n) is 14.7. The normalized spacial score (nSPS) is 60.3. The molecule has 0 aromatic heterocycles. The van der Waals surface area contributed by atoms with Gasteiger partial charge in [-0.2, -0.15) is 0 Å². The van der Waals surface area contributed by atoms with Crippen LogP contribution < -0.4 is 0 Å². The molecule has 1 saturated heterocycles. The molecule has 3 aliphatic rings. The highest BCUT2D eigenvalue weighted by molar-refractivity contribution is 7.48. The van der Waals surface area contributed by atoms with Gasteiger partial charge in [0.1, 0.15) is 73.2 Å². The standard InChI is InChI=1S/C12H22O16P2/c13-1-2(14)6(18)10-9(5(1)17)25-29(21,22)27-11-7(19)3(15)4(16)8(20)12(11)28-30(23,24)26-10/h1-20H,(H,21,22)(H,23,24). The summed E-state index contributed by atoms with van der Waals surface area (Å²) in [5.74, 6) is 0. The Balaban J connectivity index is 2.03. The molecule has 0 aromatic rings. The van der Waals surface area contributed by atoms with Crippen molar-refractivity contribution in [3.8, 4) is 0 Å². The van der Waals surface area contributed by atoms with Gasteiger partial charge in [-0.05, 0) is 0 Å². The van der Waals surface area contributed by atoms with Crippen LogP contribution >= 0.6 is 15.6 Å². The molecule has 3 rings (SSSR count). The van der Waals surface area contributed by atoms with Crippen molar-refractivity contribution in [2.75, 3.05) is 0 Å². The van der Waals surface area contributed by atoms with Crippen LogP contribution in [0.25, 0.3) is 0 Å². The van der Waals surface area contributed by atoms with Gasteiger partial charge in [-0.25, -0.2) is 9.13 Å². The van der Waals surface area contributed by atoms with Crippen LogP contribution in [0.2, 0.25) is 0 Å². The maximum atomic E-state index is 12.4. The first-order valence-electron chi connectivity index (χ1n) is 8.50. The van der Waals surface area contributed by atoms with Gasteiger partial charge in [0.05, 0.1) is 0 Å². The Kier molecular flexibility index (Phi) is 6.83. The second-order valence-electron chi connectivity index (χ2n) is 7.14. The first kappa shape index (κ1) is 24.5. The summed E-state index contributed by atoms with van der Waals surface area (Å²) in [6.07, 6.45) is -26.4. The monoisotopic (exact) mass is 484 g/mol. The fourth-order valence-corrected chi connectivity index (χ4v) is 5.83. The Morgan fingerprint density at radius 1 is 0.400 bits per heavy atom. The van der Waals surface area contributed by atoms with E-state index in [1.807, 2.05) is 0 Å².